The summed E-state index contributed by atoms with van der Waals surface area (Å²) in [6.45, 7) is 0. The molecule has 274 valence electrons. The molecule has 4 heteroatoms. The van der Waals surface area contributed by atoms with Gasteiger partial charge in [0.15, 0.2) is 5.82 Å². The van der Waals surface area contributed by atoms with Crippen LogP contribution in [0.4, 0.5) is 0 Å². The van der Waals surface area contributed by atoms with E-state index < -0.39 is 0 Å². The topological polar surface area (TPSA) is 51.8 Å². The molecule has 0 atom stereocenters. The van der Waals surface area contributed by atoms with Crippen molar-refractivity contribution in [1.82, 2.24) is 15.0 Å². The van der Waals surface area contributed by atoms with Crippen LogP contribution in [0.1, 0.15) is 0 Å². The van der Waals surface area contributed by atoms with E-state index >= 15 is 0 Å². The molecule has 0 amide bonds. The fourth-order valence-electron chi connectivity index (χ4n) is 8.87. The molecule has 0 aliphatic heterocycles. The van der Waals surface area contributed by atoms with Crippen molar-refractivity contribution in [2.45, 2.75) is 0 Å². The number of rotatable bonds is 5. The zero-order valence-corrected chi connectivity index (χ0v) is 31.8. The molecule has 0 saturated carbocycles. The molecule has 0 radical (unpaired) electrons. The SMILES string of the molecule is c1ccc(-c2cc(-c3cccc4c3nc(-c3ccc(-c5ccc6c7ccccc7c7ccccc7c6c5)cc3)c3c5ccccc5oc43)nc(-c3ccccc3)n2)cc1. The highest BCUT2D eigenvalue weighted by Gasteiger charge is 2.21. The van der Waals surface area contributed by atoms with Crippen LogP contribution in [0, 0.1) is 0 Å². The van der Waals surface area contributed by atoms with Gasteiger partial charge in [0.25, 0.3) is 0 Å². The monoisotopic (exact) mass is 751 g/mol. The standard InChI is InChI=1S/C55H33N3O/c1-3-14-35(15-4-1)48-33-49(57-55(56-48)37-16-5-2-6-17-37)44-23-13-24-46-53(44)58-52(51-45-22-11-12-25-50(45)59-54(46)51)36-28-26-34(27-29-36)38-30-31-43-41-20-8-7-18-39(41)40-19-9-10-21-42(40)47(43)32-38/h1-33H. The number of aromatic nitrogens is 3. The van der Waals surface area contributed by atoms with Crippen molar-refractivity contribution in [1.29, 1.82) is 0 Å². The van der Waals surface area contributed by atoms with E-state index in [1.165, 1.54) is 37.9 Å². The molecule has 0 unspecified atom stereocenters. The maximum absolute atomic E-state index is 6.73. The Morgan fingerprint density at radius 2 is 0.864 bits per heavy atom. The number of fused-ring (bicyclic) bond motifs is 11. The summed E-state index contributed by atoms with van der Waals surface area (Å²) in [5.74, 6) is 0.662. The predicted molar refractivity (Wildman–Crippen MR) is 244 cm³/mol. The molecule has 0 saturated heterocycles. The Kier molecular flexibility index (Phi) is 7.50. The fourth-order valence-corrected chi connectivity index (χ4v) is 8.87. The van der Waals surface area contributed by atoms with Crippen molar-refractivity contribution in [2.24, 2.45) is 0 Å². The highest BCUT2D eigenvalue weighted by atomic mass is 16.3. The molecule has 12 rings (SSSR count). The summed E-state index contributed by atoms with van der Waals surface area (Å²) >= 11 is 0. The van der Waals surface area contributed by atoms with Gasteiger partial charge in [-0.3, -0.25) is 0 Å². The minimum Gasteiger partial charge on any atom is -0.455 e. The van der Waals surface area contributed by atoms with Gasteiger partial charge in [-0.25, -0.2) is 15.0 Å². The van der Waals surface area contributed by atoms with Crippen molar-refractivity contribution < 1.29 is 4.42 Å². The van der Waals surface area contributed by atoms with Gasteiger partial charge < -0.3 is 4.42 Å². The smallest absolute Gasteiger partial charge is 0.160 e. The van der Waals surface area contributed by atoms with Crippen LogP contribution < -0.4 is 0 Å². The lowest BCUT2D eigenvalue weighted by atomic mass is 9.92. The Morgan fingerprint density at radius 1 is 0.322 bits per heavy atom. The Labute approximate surface area is 339 Å². The number of pyridine rings is 1. The third-order valence-electron chi connectivity index (χ3n) is 11.7. The van der Waals surface area contributed by atoms with Crippen molar-refractivity contribution in [3.63, 3.8) is 0 Å². The van der Waals surface area contributed by atoms with Gasteiger partial charge in [-0.1, -0.05) is 176 Å². The maximum Gasteiger partial charge on any atom is 0.160 e. The Hall–Kier alpha value is -7.95. The van der Waals surface area contributed by atoms with Crippen LogP contribution in [-0.4, -0.2) is 15.0 Å². The van der Waals surface area contributed by atoms with E-state index in [2.05, 4.69) is 152 Å². The Balaban J connectivity index is 1.05. The summed E-state index contributed by atoms with van der Waals surface area (Å²) in [5, 5.41) is 10.6. The summed E-state index contributed by atoms with van der Waals surface area (Å²) < 4.78 is 6.73. The van der Waals surface area contributed by atoms with Gasteiger partial charge in [-0.05, 0) is 67.7 Å². The van der Waals surface area contributed by atoms with Crippen LogP contribution in [0.2, 0.25) is 0 Å². The Bertz CT molecular complexity index is 3500. The molecular formula is C55H33N3O. The number of furan rings is 1. The molecule has 4 nitrogen and oxygen atoms in total. The van der Waals surface area contributed by atoms with E-state index in [-0.39, 0.29) is 0 Å². The summed E-state index contributed by atoms with van der Waals surface area (Å²) in [6.07, 6.45) is 0. The number of hydrogen-bond donors (Lipinski definition) is 0. The Morgan fingerprint density at radius 3 is 1.58 bits per heavy atom. The summed E-state index contributed by atoms with van der Waals surface area (Å²) in [6, 6.07) is 70.2. The van der Waals surface area contributed by atoms with Gasteiger partial charge in [0.2, 0.25) is 0 Å². The molecule has 0 aliphatic rings. The molecule has 3 heterocycles. The molecule has 12 aromatic rings. The number of nitrogens with zero attached hydrogens (tertiary/aromatic N) is 3. The minimum absolute atomic E-state index is 0.662. The predicted octanol–water partition coefficient (Wildman–Crippen LogP) is 14.7. The average molecular weight is 752 g/mol. The molecule has 0 bridgehead atoms. The summed E-state index contributed by atoms with van der Waals surface area (Å²) in [5.41, 5.74) is 11.2. The first-order valence-corrected chi connectivity index (χ1v) is 19.9. The van der Waals surface area contributed by atoms with E-state index in [9.17, 15) is 0 Å². The minimum atomic E-state index is 0.662. The van der Waals surface area contributed by atoms with Crippen LogP contribution in [0.3, 0.4) is 0 Å². The lowest BCUT2D eigenvalue weighted by Crippen LogP contribution is -1.97. The van der Waals surface area contributed by atoms with E-state index in [1.807, 2.05) is 48.5 Å². The molecule has 0 N–H and O–H groups in total. The molecular weight excluding hydrogens is 719 g/mol. The van der Waals surface area contributed by atoms with Crippen molar-refractivity contribution in [3.05, 3.63) is 200 Å². The second-order valence-electron chi connectivity index (χ2n) is 15.1. The molecule has 59 heavy (non-hydrogen) atoms. The maximum atomic E-state index is 6.73. The third-order valence-corrected chi connectivity index (χ3v) is 11.7. The van der Waals surface area contributed by atoms with Gasteiger partial charge in [-0.2, -0.15) is 0 Å². The van der Waals surface area contributed by atoms with E-state index in [0.717, 1.165) is 77.7 Å². The first-order valence-electron chi connectivity index (χ1n) is 19.9. The average Bonchev–Trinajstić information content (AvgIpc) is 3.72. The van der Waals surface area contributed by atoms with Crippen molar-refractivity contribution in [3.8, 4) is 56.3 Å². The molecule has 0 spiro atoms. The van der Waals surface area contributed by atoms with E-state index in [4.69, 9.17) is 19.4 Å². The second-order valence-corrected chi connectivity index (χ2v) is 15.1. The second kappa shape index (κ2) is 13.3. The number of para-hydroxylation sites is 2. The van der Waals surface area contributed by atoms with Crippen LogP contribution in [0.5, 0.6) is 0 Å². The van der Waals surface area contributed by atoms with Crippen LogP contribution in [-0.2, 0) is 0 Å². The van der Waals surface area contributed by atoms with Crippen molar-refractivity contribution in [2.75, 3.05) is 0 Å². The zero-order chi connectivity index (χ0) is 38.9. The van der Waals surface area contributed by atoms with Crippen LogP contribution in [0.25, 0.3) is 121 Å². The van der Waals surface area contributed by atoms with Gasteiger partial charge in [0.05, 0.1) is 28.0 Å². The van der Waals surface area contributed by atoms with Gasteiger partial charge in [-0.15, -0.1) is 0 Å². The van der Waals surface area contributed by atoms with E-state index in [0.29, 0.717) is 5.82 Å². The number of hydrogen-bond acceptors (Lipinski definition) is 4. The molecule has 9 aromatic carbocycles. The van der Waals surface area contributed by atoms with Crippen LogP contribution >= 0.6 is 0 Å². The number of benzene rings is 9. The zero-order valence-electron chi connectivity index (χ0n) is 31.8. The van der Waals surface area contributed by atoms with Gasteiger partial charge in [0, 0.05) is 33.0 Å². The van der Waals surface area contributed by atoms with Gasteiger partial charge in [0.1, 0.15) is 11.2 Å². The van der Waals surface area contributed by atoms with Gasteiger partial charge >= 0.3 is 0 Å². The normalized spacial score (nSPS) is 11.7. The molecule has 0 aliphatic carbocycles. The first kappa shape index (κ1) is 33.2. The third kappa shape index (κ3) is 5.42. The van der Waals surface area contributed by atoms with Crippen LogP contribution in [0.15, 0.2) is 205 Å². The summed E-state index contributed by atoms with van der Waals surface area (Å²) in [7, 11) is 0. The largest absolute Gasteiger partial charge is 0.455 e. The highest BCUT2D eigenvalue weighted by Crippen LogP contribution is 2.43. The van der Waals surface area contributed by atoms with Crippen molar-refractivity contribution >= 4 is 65.2 Å². The fraction of sp³-hybridized carbons (Fsp3) is 0. The quantitative estimate of drug-likeness (QED) is 0.164. The molecule has 3 aromatic heterocycles. The molecule has 0 fully saturated rings. The van der Waals surface area contributed by atoms with E-state index in [1.54, 1.807) is 0 Å². The first-order chi connectivity index (χ1) is 29.2. The lowest BCUT2D eigenvalue weighted by molar-refractivity contribution is 0.672. The lowest BCUT2D eigenvalue weighted by Gasteiger charge is -2.13. The summed E-state index contributed by atoms with van der Waals surface area (Å²) in [4.78, 5) is 15.8. The highest BCUT2D eigenvalue weighted by molar-refractivity contribution is 6.26.